The highest BCUT2D eigenvalue weighted by molar-refractivity contribution is 7.71. The summed E-state index contributed by atoms with van der Waals surface area (Å²) < 4.78 is 13.8. The molecule has 0 spiro atoms. The van der Waals surface area contributed by atoms with Crippen molar-refractivity contribution in [1.82, 2.24) is 9.97 Å². The molecule has 2 aromatic rings. The number of nitrogens with one attached hydrogen (secondary N) is 1. The highest BCUT2D eigenvalue weighted by atomic mass is 35.5. The van der Waals surface area contributed by atoms with Crippen LogP contribution in [0.4, 0.5) is 4.39 Å². The monoisotopic (exact) mass is 240 g/mol. The third-order valence-corrected chi connectivity index (χ3v) is 2.34. The first kappa shape index (κ1) is 10.3. The number of aromatic amines is 1. The highest BCUT2D eigenvalue weighted by Gasteiger charge is 2.05. The molecule has 0 aliphatic carbocycles. The summed E-state index contributed by atoms with van der Waals surface area (Å²) in [5.41, 5.74) is 1.01. The molecule has 0 aliphatic heterocycles. The quantitative estimate of drug-likeness (QED) is 0.772. The number of nitrogens with zero attached hydrogens (tertiary/aromatic N) is 1. The molecule has 15 heavy (non-hydrogen) atoms. The van der Waals surface area contributed by atoms with Gasteiger partial charge in [0.15, 0.2) is 4.77 Å². The Labute approximate surface area is 95.8 Å². The number of aromatic nitrogens is 2. The van der Waals surface area contributed by atoms with Gasteiger partial charge in [-0.2, -0.15) is 0 Å². The number of hydrogen-bond acceptors (Lipinski definition) is 2. The predicted molar refractivity (Wildman–Crippen MR) is 59.8 cm³/mol. The molecule has 2 rings (SSSR count). The third-order valence-electron chi connectivity index (χ3n) is 1.90. The number of benzene rings is 1. The summed E-state index contributed by atoms with van der Waals surface area (Å²) in [6.07, 6.45) is 1.53. The van der Waals surface area contributed by atoms with Gasteiger partial charge in [0.2, 0.25) is 0 Å². The van der Waals surface area contributed by atoms with E-state index in [4.69, 9.17) is 23.8 Å². The van der Waals surface area contributed by atoms with E-state index in [2.05, 4.69) is 9.97 Å². The standard InChI is InChI=1S/C10H6ClFN2S/c11-6-1-2-7(8(12)5-6)9-3-4-13-10(15)14-9/h1-5H,(H,13,14,15). The topological polar surface area (TPSA) is 28.7 Å². The Hall–Kier alpha value is -1.26. The molecule has 0 atom stereocenters. The van der Waals surface area contributed by atoms with Crippen LogP contribution in [0.3, 0.4) is 0 Å². The first-order valence-electron chi connectivity index (χ1n) is 4.17. The fourth-order valence-corrected chi connectivity index (χ4v) is 1.56. The molecule has 0 amide bonds. The summed E-state index contributed by atoms with van der Waals surface area (Å²) in [4.78, 5) is 6.63. The molecule has 0 unspecified atom stereocenters. The summed E-state index contributed by atoms with van der Waals surface area (Å²) in [5.74, 6) is -0.389. The molecule has 0 saturated carbocycles. The maximum Gasteiger partial charge on any atom is 0.197 e. The van der Waals surface area contributed by atoms with E-state index in [1.165, 1.54) is 12.3 Å². The van der Waals surface area contributed by atoms with Crippen molar-refractivity contribution in [1.29, 1.82) is 0 Å². The minimum atomic E-state index is -0.389. The number of H-pyrrole nitrogens is 1. The van der Waals surface area contributed by atoms with Crippen molar-refractivity contribution in [2.75, 3.05) is 0 Å². The Morgan fingerprint density at radius 2 is 2.13 bits per heavy atom. The van der Waals surface area contributed by atoms with E-state index < -0.39 is 0 Å². The SMILES string of the molecule is Fc1cc(Cl)ccc1-c1ccnc(=S)[nH]1. The summed E-state index contributed by atoms with van der Waals surface area (Å²) in [7, 11) is 0. The van der Waals surface area contributed by atoms with Crippen molar-refractivity contribution in [3.05, 3.63) is 46.1 Å². The largest absolute Gasteiger partial charge is 0.330 e. The van der Waals surface area contributed by atoms with Gasteiger partial charge in [-0.05, 0) is 36.5 Å². The molecule has 2 nitrogen and oxygen atoms in total. The lowest BCUT2D eigenvalue weighted by Gasteiger charge is -2.03. The number of halogens is 2. The van der Waals surface area contributed by atoms with Crippen LogP contribution < -0.4 is 0 Å². The molecule has 1 N–H and O–H groups in total. The van der Waals surface area contributed by atoms with Gasteiger partial charge in [0.1, 0.15) is 5.82 Å². The van der Waals surface area contributed by atoms with Crippen LogP contribution in [-0.2, 0) is 0 Å². The smallest absolute Gasteiger partial charge is 0.197 e. The maximum absolute atomic E-state index is 13.5. The third kappa shape index (κ3) is 2.22. The van der Waals surface area contributed by atoms with Gasteiger partial charge in [0, 0.05) is 16.8 Å². The van der Waals surface area contributed by atoms with Crippen molar-refractivity contribution in [3.63, 3.8) is 0 Å². The van der Waals surface area contributed by atoms with Crippen LogP contribution in [0.25, 0.3) is 11.3 Å². The van der Waals surface area contributed by atoms with E-state index in [0.29, 0.717) is 21.1 Å². The van der Waals surface area contributed by atoms with Gasteiger partial charge in [-0.15, -0.1) is 0 Å². The van der Waals surface area contributed by atoms with E-state index in [-0.39, 0.29) is 5.82 Å². The Morgan fingerprint density at radius 3 is 2.80 bits per heavy atom. The summed E-state index contributed by atoms with van der Waals surface area (Å²) in [6.45, 7) is 0. The van der Waals surface area contributed by atoms with Crippen LogP contribution in [-0.4, -0.2) is 9.97 Å². The van der Waals surface area contributed by atoms with Crippen molar-refractivity contribution in [3.8, 4) is 11.3 Å². The molecule has 0 bridgehead atoms. The number of hydrogen-bond donors (Lipinski definition) is 1. The normalized spacial score (nSPS) is 10.3. The van der Waals surface area contributed by atoms with Gasteiger partial charge >= 0.3 is 0 Å². The van der Waals surface area contributed by atoms with Gasteiger partial charge in [-0.3, -0.25) is 0 Å². The molecule has 0 aliphatic rings. The van der Waals surface area contributed by atoms with Crippen LogP contribution in [0.5, 0.6) is 0 Å². The first-order valence-corrected chi connectivity index (χ1v) is 4.96. The zero-order valence-electron chi connectivity index (χ0n) is 7.50. The minimum Gasteiger partial charge on any atom is -0.330 e. The predicted octanol–water partition coefficient (Wildman–Crippen LogP) is 3.60. The minimum absolute atomic E-state index is 0.321. The van der Waals surface area contributed by atoms with Crippen LogP contribution in [0.15, 0.2) is 30.5 Å². The molecule has 0 saturated heterocycles. The van der Waals surface area contributed by atoms with E-state index in [1.54, 1.807) is 18.2 Å². The Morgan fingerprint density at radius 1 is 1.33 bits per heavy atom. The van der Waals surface area contributed by atoms with Crippen LogP contribution in [0.1, 0.15) is 0 Å². The Kier molecular flexibility index (Phi) is 2.79. The van der Waals surface area contributed by atoms with E-state index >= 15 is 0 Å². The van der Waals surface area contributed by atoms with E-state index in [9.17, 15) is 4.39 Å². The average molecular weight is 241 g/mol. The zero-order chi connectivity index (χ0) is 10.8. The lowest BCUT2D eigenvalue weighted by molar-refractivity contribution is 0.630. The molecule has 1 aromatic heterocycles. The van der Waals surface area contributed by atoms with E-state index in [1.807, 2.05) is 0 Å². The molecular formula is C10H6ClFN2S. The first-order chi connectivity index (χ1) is 7.16. The van der Waals surface area contributed by atoms with Gasteiger partial charge in [0.25, 0.3) is 0 Å². The van der Waals surface area contributed by atoms with Crippen molar-refractivity contribution >= 4 is 23.8 Å². The fraction of sp³-hybridized carbons (Fsp3) is 0. The second-order valence-corrected chi connectivity index (χ2v) is 3.74. The van der Waals surface area contributed by atoms with Crippen molar-refractivity contribution < 1.29 is 4.39 Å². The summed E-state index contributed by atoms with van der Waals surface area (Å²) >= 11 is 10.5. The molecule has 0 fully saturated rings. The number of rotatable bonds is 1. The van der Waals surface area contributed by atoms with Gasteiger partial charge in [-0.1, -0.05) is 11.6 Å². The zero-order valence-corrected chi connectivity index (χ0v) is 9.07. The average Bonchev–Trinajstić information content (AvgIpc) is 2.17. The maximum atomic E-state index is 13.5. The fourth-order valence-electron chi connectivity index (χ4n) is 1.23. The van der Waals surface area contributed by atoms with Gasteiger partial charge in [-0.25, -0.2) is 9.37 Å². The summed E-state index contributed by atoms with van der Waals surface area (Å²) in [6, 6.07) is 6.13. The van der Waals surface area contributed by atoms with Crippen molar-refractivity contribution in [2.45, 2.75) is 0 Å². The molecular weight excluding hydrogens is 235 g/mol. The Bertz CT molecular complexity index is 553. The molecule has 1 heterocycles. The molecule has 76 valence electrons. The Balaban J connectivity index is 2.59. The second kappa shape index (κ2) is 4.08. The molecule has 1 aromatic carbocycles. The van der Waals surface area contributed by atoms with Crippen LogP contribution >= 0.6 is 23.8 Å². The van der Waals surface area contributed by atoms with Crippen molar-refractivity contribution in [2.24, 2.45) is 0 Å². The molecule has 5 heteroatoms. The van der Waals surface area contributed by atoms with Gasteiger partial charge in [0.05, 0.1) is 5.69 Å². The van der Waals surface area contributed by atoms with E-state index in [0.717, 1.165) is 0 Å². The van der Waals surface area contributed by atoms with Crippen LogP contribution in [0.2, 0.25) is 5.02 Å². The lowest BCUT2D eigenvalue weighted by Crippen LogP contribution is -1.89. The van der Waals surface area contributed by atoms with Crippen LogP contribution in [0, 0.1) is 10.6 Å². The lowest BCUT2D eigenvalue weighted by atomic mass is 10.1. The summed E-state index contributed by atoms with van der Waals surface area (Å²) in [5, 5.41) is 0.365. The molecule has 0 radical (unpaired) electrons. The second-order valence-electron chi connectivity index (χ2n) is 2.91. The highest BCUT2D eigenvalue weighted by Crippen LogP contribution is 2.22. The van der Waals surface area contributed by atoms with Gasteiger partial charge < -0.3 is 4.98 Å².